The number of rotatable bonds is 3. The molecule has 1 aliphatic rings. The Kier molecular flexibility index (Phi) is 3.54. The number of aryl methyl sites for hydroxylation is 1. The molecule has 0 bridgehead atoms. The summed E-state index contributed by atoms with van der Waals surface area (Å²) in [7, 11) is 1.73. The zero-order valence-electron chi connectivity index (χ0n) is 10.1. The maximum atomic E-state index is 12.2. The van der Waals surface area contributed by atoms with Crippen LogP contribution in [0.2, 0.25) is 5.02 Å². The van der Waals surface area contributed by atoms with E-state index in [-0.39, 0.29) is 11.3 Å². The highest BCUT2D eigenvalue weighted by Gasteiger charge is 2.31. The average molecular weight is 256 g/mol. The lowest BCUT2D eigenvalue weighted by Gasteiger charge is -2.32. The van der Waals surface area contributed by atoms with E-state index in [2.05, 4.69) is 5.10 Å². The monoisotopic (exact) mass is 255 g/mol. The molecule has 1 heterocycles. The Morgan fingerprint density at radius 3 is 2.71 bits per heavy atom. The number of carbonyl (C=O) groups is 1. The van der Waals surface area contributed by atoms with Gasteiger partial charge in [-0.3, -0.25) is 9.48 Å². The Hall–Kier alpha value is -0.870. The van der Waals surface area contributed by atoms with Crippen LogP contribution in [-0.4, -0.2) is 21.1 Å². The van der Waals surface area contributed by atoms with Gasteiger partial charge in [0.15, 0.2) is 5.78 Å². The summed E-state index contributed by atoms with van der Waals surface area (Å²) in [6.45, 7) is 0. The molecule has 2 rings (SSSR count). The molecule has 1 saturated carbocycles. The summed E-state index contributed by atoms with van der Waals surface area (Å²) >= 11 is 5.96. The van der Waals surface area contributed by atoms with E-state index in [1.807, 2.05) is 0 Å². The summed E-state index contributed by atoms with van der Waals surface area (Å²) in [5, 5.41) is 4.39. The van der Waals surface area contributed by atoms with E-state index in [9.17, 15) is 4.79 Å². The van der Waals surface area contributed by atoms with Gasteiger partial charge in [0.25, 0.3) is 0 Å². The molecule has 0 radical (unpaired) electrons. The molecule has 0 aliphatic heterocycles. The summed E-state index contributed by atoms with van der Waals surface area (Å²) in [6, 6.07) is 0. The quantitative estimate of drug-likeness (QED) is 0.843. The van der Waals surface area contributed by atoms with Crippen molar-refractivity contribution in [1.29, 1.82) is 0 Å². The number of Topliss-reactive ketones (excluding diaryl/α,β-unsaturated/α-hetero) is 1. The van der Waals surface area contributed by atoms with Crippen molar-refractivity contribution in [3.8, 4) is 0 Å². The molecule has 17 heavy (non-hydrogen) atoms. The number of nitrogens with zero attached hydrogens (tertiary/aromatic N) is 2. The Labute approximate surface area is 106 Å². The van der Waals surface area contributed by atoms with Gasteiger partial charge in [0.1, 0.15) is 5.69 Å². The second-order valence-electron chi connectivity index (χ2n) is 4.99. The lowest BCUT2D eigenvalue weighted by Crippen LogP contribution is -2.43. The van der Waals surface area contributed by atoms with Crippen molar-refractivity contribution < 1.29 is 4.79 Å². The minimum atomic E-state index is -0.344. The van der Waals surface area contributed by atoms with Gasteiger partial charge in [-0.1, -0.05) is 30.9 Å². The van der Waals surface area contributed by atoms with Crippen LogP contribution in [0.15, 0.2) is 6.20 Å². The summed E-state index contributed by atoms with van der Waals surface area (Å²) in [5.74, 6) is -0.000556. The van der Waals surface area contributed by atoms with Crippen molar-refractivity contribution >= 4 is 17.4 Å². The molecule has 94 valence electrons. The Bertz CT molecular complexity index is 402. The van der Waals surface area contributed by atoms with E-state index in [1.165, 1.54) is 17.3 Å². The minimum Gasteiger partial charge on any atom is -0.325 e. The van der Waals surface area contributed by atoms with Crippen LogP contribution in [0.3, 0.4) is 0 Å². The Balaban J connectivity index is 2.11. The SMILES string of the molecule is Cn1ncc(Cl)c1C(=O)CC1(N)CCCCC1. The predicted octanol–water partition coefficient (Wildman–Crippen LogP) is 2.31. The third-order valence-electron chi connectivity index (χ3n) is 3.52. The van der Waals surface area contributed by atoms with Crippen LogP contribution in [0.5, 0.6) is 0 Å². The van der Waals surface area contributed by atoms with Gasteiger partial charge in [0.05, 0.1) is 11.2 Å². The molecule has 4 nitrogen and oxygen atoms in total. The van der Waals surface area contributed by atoms with Gasteiger partial charge in [-0.15, -0.1) is 0 Å². The third-order valence-corrected chi connectivity index (χ3v) is 3.80. The smallest absolute Gasteiger partial charge is 0.184 e. The molecule has 1 aromatic rings. The van der Waals surface area contributed by atoms with E-state index in [0.717, 1.165) is 25.7 Å². The van der Waals surface area contributed by atoms with Crippen molar-refractivity contribution in [3.05, 3.63) is 16.9 Å². The fourth-order valence-electron chi connectivity index (χ4n) is 2.56. The number of aromatic nitrogens is 2. The molecular weight excluding hydrogens is 238 g/mol. The molecule has 0 atom stereocenters. The van der Waals surface area contributed by atoms with Crippen LogP contribution in [0.25, 0.3) is 0 Å². The van der Waals surface area contributed by atoms with E-state index in [4.69, 9.17) is 17.3 Å². The molecule has 0 aromatic carbocycles. The highest BCUT2D eigenvalue weighted by atomic mass is 35.5. The second-order valence-corrected chi connectivity index (χ2v) is 5.39. The van der Waals surface area contributed by atoms with Crippen LogP contribution >= 0.6 is 11.6 Å². The highest BCUT2D eigenvalue weighted by molar-refractivity contribution is 6.33. The lowest BCUT2D eigenvalue weighted by molar-refractivity contribution is 0.0925. The maximum Gasteiger partial charge on any atom is 0.184 e. The summed E-state index contributed by atoms with van der Waals surface area (Å²) in [6.07, 6.45) is 7.17. The lowest BCUT2D eigenvalue weighted by atomic mass is 9.79. The molecule has 5 heteroatoms. The van der Waals surface area contributed by atoms with Gasteiger partial charge in [0.2, 0.25) is 0 Å². The molecule has 0 unspecified atom stereocenters. The number of ketones is 1. The van der Waals surface area contributed by atoms with Crippen molar-refractivity contribution in [2.45, 2.75) is 44.1 Å². The van der Waals surface area contributed by atoms with Crippen LogP contribution in [0.1, 0.15) is 49.0 Å². The number of carbonyl (C=O) groups excluding carboxylic acids is 1. The van der Waals surface area contributed by atoms with Crippen LogP contribution in [0, 0.1) is 0 Å². The average Bonchev–Trinajstić information content (AvgIpc) is 2.58. The fourth-order valence-corrected chi connectivity index (χ4v) is 2.83. The first-order valence-corrected chi connectivity index (χ1v) is 6.39. The highest BCUT2D eigenvalue weighted by Crippen LogP contribution is 2.30. The zero-order valence-corrected chi connectivity index (χ0v) is 10.8. The van der Waals surface area contributed by atoms with Gasteiger partial charge in [-0.2, -0.15) is 5.10 Å². The van der Waals surface area contributed by atoms with Gasteiger partial charge in [-0.05, 0) is 12.8 Å². The Morgan fingerprint density at radius 1 is 1.53 bits per heavy atom. The van der Waals surface area contributed by atoms with Gasteiger partial charge >= 0.3 is 0 Å². The van der Waals surface area contributed by atoms with Crippen LogP contribution < -0.4 is 5.73 Å². The topological polar surface area (TPSA) is 60.9 Å². The first-order valence-electron chi connectivity index (χ1n) is 6.01. The van der Waals surface area contributed by atoms with Crippen molar-refractivity contribution in [2.75, 3.05) is 0 Å². The van der Waals surface area contributed by atoms with Crippen molar-refractivity contribution in [1.82, 2.24) is 9.78 Å². The van der Waals surface area contributed by atoms with Crippen molar-refractivity contribution in [2.24, 2.45) is 12.8 Å². The summed E-state index contributed by atoms with van der Waals surface area (Å²) < 4.78 is 1.52. The first-order chi connectivity index (χ1) is 8.02. The molecule has 0 saturated heterocycles. The number of hydrogen-bond donors (Lipinski definition) is 1. The Morgan fingerprint density at radius 2 is 2.18 bits per heavy atom. The fraction of sp³-hybridized carbons (Fsp3) is 0.667. The molecule has 0 spiro atoms. The third kappa shape index (κ3) is 2.69. The van der Waals surface area contributed by atoms with Gasteiger partial charge in [0, 0.05) is 19.0 Å². The van der Waals surface area contributed by atoms with E-state index >= 15 is 0 Å². The number of halogens is 1. The van der Waals surface area contributed by atoms with Gasteiger partial charge < -0.3 is 5.73 Å². The summed E-state index contributed by atoms with van der Waals surface area (Å²) in [5.41, 5.74) is 6.40. The molecular formula is C12H18ClN3O. The first kappa shape index (κ1) is 12.6. The molecule has 2 N–H and O–H groups in total. The van der Waals surface area contributed by atoms with Crippen molar-refractivity contribution in [3.63, 3.8) is 0 Å². The van der Waals surface area contributed by atoms with Crippen LogP contribution in [-0.2, 0) is 7.05 Å². The molecule has 1 fully saturated rings. The van der Waals surface area contributed by atoms with Gasteiger partial charge in [-0.25, -0.2) is 0 Å². The zero-order chi connectivity index (χ0) is 12.5. The van der Waals surface area contributed by atoms with Crippen LogP contribution in [0.4, 0.5) is 0 Å². The van der Waals surface area contributed by atoms with E-state index < -0.39 is 0 Å². The maximum absolute atomic E-state index is 12.2. The number of hydrogen-bond acceptors (Lipinski definition) is 3. The molecule has 0 amide bonds. The standard InChI is InChI=1S/C12H18ClN3O/c1-16-11(9(13)8-15-16)10(17)7-12(14)5-3-2-4-6-12/h8H,2-7,14H2,1H3. The van der Waals surface area contributed by atoms with E-state index in [1.54, 1.807) is 7.05 Å². The normalized spacial score (nSPS) is 19.2. The molecule has 1 aliphatic carbocycles. The molecule has 1 aromatic heterocycles. The largest absolute Gasteiger partial charge is 0.325 e. The second kappa shape index (κ2) is 4.78. The number of nitrogens with two attached hydrogens (primary N) is 1. The predicted molar refractivity (Wildman–Crippen MR) is 67.2 cm³/mol. The van der Waals surface area contributed by atoms with E-state index in [0.29, 0.717) is 17.1 Å². The minimum absolute atomic E-state index is 0.000556. The summed E-state index contributed by atoms with van der Waals surface area (Å²) in [4.78, 5) is 12.2.